The molecule has 2 N–H and O–H groups in total. The van der Waals surface area contributed by atoms with Gasteiger partial charge in [-0.2, -0.15) is 5.10 Å². The second-order valence-corrected chi connectivity index (χ2v) is 6.76. The third kappa shape index (κ3) is 6.11. The zero-order chi connectivity index (χ0) is 16.2. The second-order valence-electron chi connectivity index (χ2n) is 6.76. The Bertz CT molecular complexity index is 547. The zero-order valence-electron chi connectivity index (χ0n) is 14.9. The molecule has 2 aliphatic heterocycles. The van der Waals surface area contributed by atoms with Gasteiger partial charge in [-0.05, 0) is 12.0 Å². The van der Waals surface area contributed by atoms with E-state index in [1.165, 1.54) is 5.69 Å². The molecule has 1 unspecified atom stereocenters. The van der Waals surface area contributed by atoms with E-state index in [9.17, 15) is 4.79 Å². The number of fused-ring (bicyclic) bond motifs is 1. The van der Waals surface area contributed by atoms with E-state index >= 15 is 0 Å². The van der Waals surface area contributed by atoms with Crippen LogP contribution in [0.1, 0.15) is 25.2 Å². The molecule has 0 bridgehead atoms. The number of hydrogen-bond acceptors (Lipinski definition) is 5. The topological polar surface area (TPSA) is 71.4 Å². The molecule has 1 saturated heterocycles. The molecule has 0 aliphatic carbocycles. The monoisotopic (exact) mass is 393 g/mol. The highest BCUT2D eigenvalue weighted by molar-refractivity contribution is 5.85. The Kier molecular flexibility index (Phi) is 9.16. The lowest BCUT2D eigenvalue weighted by atomic mass is 10.2. The zero-order valence-corrected chi connectivity index (χ0v) is 16.5. The van der Waals surface area contributed by atoms with Gasteiger partial charge in [-0.25, -0.2) is 0 Å². The first kappa shape index (κ1) is 22.2. The molecule has 0 spiro atoms. The van der Waals surface area contributed by atoms with Gasteiger partial charge in [0.2, 0.25) is 0 Å². The predicted molar refractivity (Wildman–Crippen MR) is 101 cm³/mol. The minimum atomic E-state index is -0.387. The number of morpholine rings is 1. The molecular weight excluding hydrogens is 365 g/mol. The van der Waals surface area contributed by atoms with Crippen molar-refractivity contribution in [3.8, 4) is 0 Å². The largest absolute Gasteiger partial charge is 0.366 e. The summed E-state index contributed by atoms with van der Waals surface area (Å²) in [6, 6.07) is 2.10. The molecule has 0 radical (unpaired) electrons. The molecule has 0 saturated carbocycles. The van der Waals surface area contributed by atoms with Gasteiger partial charge in [0.1, 0.15) is 6.10 Å². The molecule has 7 nitrogen and oxygen atoms in total. The van der Waals surface area contributed by atoms with E-state index < -0.39 is 0 Å². The molecule has 1 atom stereocenters. The summed E-state index contributed by atoms with van der Waals surface area (Å²) in [5.41, 5.74) is 2.15. The molecule has 1 aromatic heterocycles. The summed E-state index contributed by atoms with van der Waals surface area (Å²) in [5, 5.41) is 10.7. The molecular formula is C16H29Cl2N5O2. The van der Waals surface area contributed by atoms with Crippen LogP contribution in [0.5, 0.6) is 0 Å². The van der Waals surface area contributed by atoms with Crippen molar-refractivity contribution in [1.29, 1.82) is 0 Å². The normalized spacial score (nSPS) is 20.4. The molecule has 9 heteroatoms. The van der Waals surface area contributed by atoms with Crippen LogP contribution in [0.2, 0.25) is 0 Å². The van der Waals surface area contributed by atoms with Crippen molar-refractivity contribution >= 4 is 30.7 Å². The minimum Gasteiger partial charge on any atom is -0.366 e. The van der Waals surface area contributed by atoms with E-state index in [1.807, 2.05) is 0 Å². The number of nitrogens with one attached hydrogen (secondary N) is 2. The number of amides is 1. The maximum absolute atomic E-state index is 12.1. The smallest absolute Gasteiger partial charge is 0.250 e. The Morgan fingerprint density at radius 3 is 2.92 bits per heavy atom. The van der Waals surface area contributed by atoms with Gasteiger partial charge in [-0.15, -0.1) is 24.8 Å². The molecule has 3 heterocycles. The Balaban J connectivity index is 0.00000156. The molecule has 0 aromatic carbocycles. The van der Waals surface area contributed by atoms with Crippen LogP contribution in [0, 0.1) is 5.92 Å². The number of halogens is 2. The van der Waals surface area contributed by atoms with Crippen molar-refractivity contribution in [2.75, 3.05) is 32.8 Å². The van der Waals surface area contributed by atoms with Crippen molar-refractivity contribution < 1.29 is 9.53 Å². The molecule has 1 fully saturated rings. The summed E-state index contributed by atoms with van der Waals surface area (Å²) in [4.78, 5) is 14.5. The molecule has 144 valence electrons. The number of carbonyl (C=O) groups excluding carboxylic acids is 1. The van der Waals surface area contributed by atoms with E-state index in [0.29, 0.717) is 25.6 Å². The summed E-state index contributed by atoms with van der Waals surface area (Å²) >= 11 is 0. The second kappa shape index (κ2) is 10.3. The average Bonchev–Trinajstić information content (AvgIpc) is 2.95. The lowest BCUT2D eigenvalue weighted by Crippen LogP contribution is -2.47. The number of ether oxygens (including phenoxy) is 1. The first-order chi connectivity index (χ1) is 11.1. The Hall–Kier alpha value is -0.860. The number of carbonyl (C=O) groups is 1. The van der Waals surface area contributed by atoms with Crippen molar-refractivity contribution in [3.05, 3.63) is 17.5 Å². The highest BCUT2D eigenvalue weighted by Gasteiger charge is 2.22. The summed E-state index contributed by atoms with van der Waals surface area (Å²) in [6.45, 7) is 10.9. The van der Waals surface area contributed by atoms with Gasteiger partial charge in [0, 0.05) is 32.7 Å². The van der Waals surface area contributed by atoms with Crippen LogP contribution in [0.3, 0.4) is 0 Å². The quantitative estimate of drug-likeness (QED) is 0.773. The van der Waals surface area contributed by atoms with E-state index in [2.05, 4.69) is 45.2 Å². The number of rotatable bonds is 5. The molecule has 25 heavy (non-hydrogen) atoms. The van der Waals surface area contributed by atoms with Gasteiger partial charge in [-0.3, -0.25) is 14.4 Å². The van der Waals surface area contributed by atoms with Gasteiger partial charge >= 0.3 is 0 Å². The van der Waals surface area contributed by atoms with Gasteiger partial charge in [-0.1, -0.05) is 13.8 Å². The van der Waals surface area contributed by atoms with Crippen LogP contribution in [0.25, 0.3) is 0 Å². The van der Waals surface area contributed by atoms with Gasteiger partial charge < -0.3 is 15.4 Å². The molecule has 1 amide bonds. The molecule has 3 rings (SSSR count). The fourth-order valence-corrected chi connectivity index (χ4v) is 3.16. The predicted octanol–water partition coefficient (Wildman–Crippen LogP) is 0.803. The van der Waals surface area contributed by atoms with E-state index in [1.54, 1.807) is 0 Å². The van der Waals surface area contributed by atoms with Crippen LogP contribution in [-0.4, -0.2) is 59.5 Å². The highest BCUT2D eigenvalue weighted by atomic mass is 35.5. The first-order valence-electron chi connectivity index (χ1n) is 8.50. The van der Waals surface area contributed by atoms with Crippen molar-refractivity contribution in [3.63, 3.8) is 0 Å². The highest BCUT2D eigenvalue weighted by Crippen LogP contribution is 2.15. The van der Waals surface area contributed by atoms with Crippen molar-refractivity contribution in [2.24, 2.45) is 5.92 Å². The lowest BCUT2D eigenvalue weighted by molar-refractivity contribution is -0.134. The van der Waals surface area contributed by atoms with Gasteiger partial charge in [0.25, 0.3) is 5.91 Å². The summed E-state index contributed by atoms with van der Waals surface area (Å²) in [6.07, 6.45) is -0.387. The Morgan fingerprint density at radius 2 is 2.24 bits per heavy atom. The summed E-state index contributed by atoms with van der Waals surface area (Å²) in [7, 11) is 0. The van der Waals surface area contributed by atoms with Gasteiger partial charge in [0.05, 0.1) is 31.1 Å². The Morgan fingerprint density at radius 1 is 1.44 bits per heavy atom. The van der Waals surface area contributed by atoms with Crippen LogP contribution < -0.4 is 10.6 Å². The SMILES string of the molecule is CC(C)CN1CCn2nc(CNC(=O)C3CNCCO3)cc2C1.Cl.Cl. The minimum absolute atomic E-state index is 0. The fourth-order valence-electron chi connectivity index (χ4n) is 3.16. The average molecular weight is 394 g/mol. The first-order valence-corrected chi connectivity index (χ1v) is 8.50. The Labute approximate surface area is 161 Å². The summed E-state index contributed by atoms with van der Waals surface area (Å²) < 4.78 is 7.52. The van der Waals surface area contributed by atoms with Gasteiger partial charge in [0.15, 0.2) is 0 Å². The van der Waals surface area contributed by atoms with Crippen LogP contribution in [0.15, 0.2) is 6.07 Å². The number of aromatic nitrogens is 2. The maximum Gasteiger partial charge on any atom is 0.250 e. The van der Waals surface area contributed by atoms with E-state index in [-0.39, 0.29) is 36.8 Å². The van der Waals surface area contributed by atoms with Crippen LogP contribution in [0.4, 0.5) is 0 Å². The van der Waals surface area contributed by atoms with E-state index in [4.69, 9.17) is 4.74 Å². The fraction of sp³-hybridized carbons (Fsp3) is 0.750. The number of hydrogen-bond donors (Lipinski definition) is 2. The third-order valence-electron chi connectivity index (χ3n) is 4.21. The number of nitrogens with zero attached hydrogens (tertiary/aromatic N) is 3. The van der Waals surface area contributed by atoms with Crippen molar-refractivity contribution in [1.82, 2.24) is 25.3 Å². The molecule has 1 aromatic rings. The standard InChI is InChI=1S/C16H27N5O2.2ClH/c1-12(2)10-20-4-5-21-14(11-20)7-13(19-21)8-18-16(22)15-9-17-3-6-23-15;;/h7,12,15,17H,3-6,8-11H2,1-2H3,(H,18,22);2*1H. The summed E-state index contributed by atoms with van der Waals surface area (Å²) in [5.74, 6) is 0.608. The molecule has 2 aliphatic rings. The van der Waals surface area contributed by atoms with Crippen LogP contribution >= 0.6 is 24.8 Å². The third-order valence-corrected chi connectivity index (χ3v) is 4.21. The van der Waals surface area contributed by atoms with Crippen LogP contribution in [-0.2, 0) is 29.2 Å². The van der Waals surface area contributed by atoms with E-state index in [0.717, 1.165) is 38.4 Å². The van der Waals surface area contributed by atoms with Crippen molar-refractivity contribution in [2.45, 2.75) is 39.6 Å². The maximum atomic E-state index is 12.1. The lowest BCUT2D eigenvalue weighted by Gasteiger charge is -2.28.